The SMILES string of the molecule is CC(C)OP(=O)(OC(C)C)C(=Cc1ccc(F)c(F)c1)c1cc2ccccc2s1. The van der Waals surface area contributed by atoms with Crippen LogP contribution in [0.2, 0.25) is 0 Å². The summed E-state index contributed by atoms with van der Waals surface area (Å²) in [7, 11) is -3.76. The summed E-state index contributed by atoms with van der Waals surface area (Å²) in [4.78, 5) is 0.695. The lowest BCUT2D eigenvalue weighted by Crippen LogP contribution is -2.09. The van der Waals surface area contributed by atoms with E-state index in [1.54, 1.807) is 33.8 Å². The van der Waals surface area contributed by atoms with Crippen LogP contribution in [0.4, 0.5) is 8.78 Å². The molecule has 0 saturated heterocycles. The van der Waals surface area contributed by atoms with Gasteiger partial charge in [0.1, 0.15) is 0 Å². The summed E-state index contributed by atoms with van der Waals surface area (Å²) in [5.74, 6) is -1.91. The molecule has 7 heteroatoms. The van der Waals surface area contributed by atoms with Crippen LogP contribution in [-0.2, 0) is 13.6 Å². The van der Waals surface area contributed by atoms with Crippen molar-refractivity contribution in [3.8, 4) is 0 Å². The number of hydrogen-bond donors (Lipinski definition) is 0. The summed E-state index contributed by atoms with van der Waals surface area (Å²) in [5, 5.41) is 1.32. The summed E-state index contributed by atoms with van der Waals surface area (Å²) < 4.78 is 53.7. The van der Waals surface area contributed by atoms with Gasteiger partial charge in [-0.1, -0.05) is 24.3 Å². The molecule has 0 aliphatic heterocycles. The van der Waals surface area contributed by atoms with Gasteiger partial charge in [-0.25, -0.2) is 8.78 Å². The fraction of sp³-hybridized carbons (Fsp3) is 0.273. The maximum Gasteiger partial charge on any atom is 0.363 e. The Balaban J connectivity index is 2.22. The second-order valence-electron chi connectivity index (χ2n) is 7.16. The van der Waals surface area contributed by atoms with Crippen molar-refractivity contribution in [1.82, 2.24) is 0 Å². The van der Waals surface area contributed by atoms with Gasteiger partial charge in [0.2, 0.25) is 0 Å². The molecular formula is C22H23F2O3PS. The number of rotatable bonds is 7. The molecule has 1 heterocycles. The van der Waals surface area contributed by atoms with Gasteiger partial charge in [-0.05, 0) is 69.0 Å². The van der Waals surface area contributed by atoms with E-state index < -0.39 is 19.2 Å². The van der Waals surface area contributed by atoms with Crippen molar-refractivity contribution >= 4 is 40.4 Å². The van der Waals surface area contributed by atoms with Crippen molar-refractivity contribution in [2.75, 3.05) is 0 Å². The average molecular weight is 436 g/mol. The molecule has 0 bridgehead atoms. The molecule has 0 fully saturated rings. The van der Waals surface area contributed by atoms with Gasteiger partial charge in [0, 0.05) is 9.58 Å². The molecule has 29 heavy (non-hydrogen) atoms. The van der Waals surface area contributed by atoms with Crippen LogP contribution >= 0.6 is 18.9 Å². The van der Waals surface area contributed by atoms with Crippen molar-refractivity contribution in [2.45, 2.75) is 39.9 Å². The quantitative estimate of drug-likeness (QED) is 0.356. The highest BCUT2D eigenvalue weighted by Crippen LogP contribution is 2.63. The fourth-order valence-electron chi connectivity index (χ4n) is 2.85. The first-order valence-electron chi connectivity index (χ1n) is 9.31. The van der Waals surface area contributed by atoms with Crippen LogP contribution in [0, 0.1) is 11.6 Å². The third kappa shape index (κ3) is 5.20. The van der Waals surface area contributed by atoms with E-state index in [0.717, 1.165) is 22.2 Å². The second-order valence-corrected chi connectivity index (χ2v) is 10.1. The van der Waals surface area contributed by atoms with E-state index in [1.807, 2.05) is 30.3 Å². The zero-order valence-corrected chi connectivity index (χ0v) is 18.4. The highest BCUT2D eigenvalue weighted by Gasteiger charge is 2.35. The summed E-state index contributed by atoms with van der Waals surface area (Å²) in [6.07, 6.45) is 0.836. The van der Waals surface area contributed by atoms with Crippen molar-refractivity contribution in [1.29, 1.82) is 0 Å². The number of hydrogen-bond acceptors (Lipinski definition) is 4. The van der Waals surface area contributed by atoms with Crippen LogP contribution in [0.5, 0.6) is 0 Å². The molecule has 0 radical (unpaired) electrons. The Labute approximate surface area is 173 Å². The molecule has 0 N–H and O–H groups in total. The van der Waals surface area contributed by atoms with Crippen LogP contribution in [-0.4, -0.2) is 12.2 Å². The Bertz CT molecular complexity index is 1040. The van der Waals surface area contributed by atoms with Crippen molar-refractivity contribution < 1.29 is 22.4 Å². The molecule has 0 aliphatic carbocycles. The Hall–Kier alpha value is -1.85. The minimum atomic E-state index is -3.76. The molecule has 0 spiro atoms. The summed E-state index contributed by atoms with van der Waals surface area (Å²) in [5.41, 5.74) is 0.372. The largest absolute Gasteiger partial charge is 0.363 e. The van der Waals surface area contributed by atoms with E-state index in [9.17, 15) is 13.3 Å². The minimum Gasteiger partial charge on any atom is -0.302 e. The molecule has 1 aromatic heterocycles. The van der Waals surface area contributed by atoms with E-state index in [4.69, 9.17) is 9.05 Å². The van der Waals surface area contributed by atoms with Gasteiger partial charge in [0.25, 0.3) is 0 Å². The Morgan fingerprint density at radius 3 is 2.21 bits per heavy atom. The molecule has 0 saturated carbocycles. The summed E-state index contributed by atoms with van der Waals surface area (Å²) in [6.45, 7) is 7.10. The topological polar surface area (TPSA) is 35.5 Å². The molecule has 3 nitrogen and oxygen atoms in total. The molecular weight excluding hydrogens is 413 g/mol. The van der Waals surface area contributed by atoms with Crippen molar-refractivity contribution in [2.24, 2.45) is 0 Å². The Morgan fingerprint density at radius 2 is 1.62 bits per heavy atom. The third-order valence-corrected chi connectivity index (χ3v) is 7.58. The fourth-order valence-corrected chi connectivity index (χ4v) is 6.33. The Morgan fingerprint density at radius 1 is 0.966 bits per heavy atom. The summed E-state index contributed by atoms with van der Waals surface area (Å²) >= 11 is 1.44. The monoisotopic (exact) mass is 436 g/mol. The number of halogens is 2. The molecule has 3 aromatic rings. The number of fused-ring (bicyclic) bond motifs is 1. The van der Waals surface area contributed by atoms with E-state index in [2.05, 4.69) is 0 Å². The van der Waals surface area contributed by atoms with Gasteiger partial charge in [-0.2, -0.15) is 0 Å². The lowest BCUT2D eigenvalue weighted by atomic mass is 10.2. The van der Waals surface area contributed by atoms with Crippen molar-refractivity contribution in [3.05, 3.63) is 70.6 Å². The van der Waals surface area contributed by atoms with Gasteiger partial charge < -0.3 is 9.05 Å². The summed E-state index contributed by atoms with van der Waals surface area (Å²) in [6, 6.07) is 13.2. The lowest BCUT2D eigenvalue weighted by Gasteiger charge is -2.24. The third-order valence-electron chi connectivity index (χ3n) is 3.92. The van der Waals surface area contributed by atoms with Crippen LogP contribution in [0.1, 0.15) is 38.1 Å². The first-order chi connectivity index (χ1) is 13.7. The van der Waals surface area contributed by atoms with Gasteiger partial charge in [0.05, 0.1) is 17.5 Å². The normalized spacial score (nSPS) is 13.0. The molecule has 2 aromatic carbocycles. The molecule has 0 atom stereocenters. The predicted molar refractivity (Wildman–Crippen MR) is 116 cm³/mol. The molecule has 0 aliphatic rings. The van der Waals surface area contributed by atoms with Gasteiger partial charge in [-0.3, -0.25) is 4.57 Å². The van der Waals surface area contributed by atoms with Crippen LogP contribution in [0.3, 0.4) is 0 Å². The molecule has 0 amide bonds. The zero-order valence-electron chi connectivity index (χ0n) is 16.7. The van der Waals surface area contributed by atoms with Gasteiger partial charge >= 0.3 is 7.60 Å². The highest BCUT2D eigenvalue weighted by atomic mass is 32.1. The van der Waals surface area contributed by atoms with Crippen LogP contribution in [0.25, 0.3) is 21.5 Å². The van der Waals surface area contributed by atoms with E-state index in [-0.39, 0.29) is 12.2 Å². The van der Waals surface area contributed by atoms with E-state index >= 15 is 0 Å². The van der Waals surface area contributed by atoms with Gasteiger partial charge in [-0.15, -0.1) is 11.3 Å². The van der Waals surface area contributed by atoms with E-state index in [1.165, 1.54) is 17.4 Å². The standard InChI is InChI=1S/C22H23F2O3PS/c1-14(2)26-28(25,27-15(3)4)20(12-16-9-10-18(23)19(24)11-16)22-13-17-7-5-6-8-21(17)29-22/h5-15H,1-4H3. The van der Waals surface area contributed by atoms with Gasteiger partial charge in [0.15, 0.2) is 11.6 Å². The second kappa shape index (κ2) is 8.88. The molecule has 0 unspecified atom stereocenters. The van der Waals surface area contributed by atoms with Crippen molar-refractivity contribution in [3.63, 3.8) is 0 Å². The average Bonchev–Trinajstić information content (AvgIpc) is 3.04. The highest BCUT2D eigenvalue weighted by molar-refractivity contribution is 7.66. The minimum absolute atomic E-state index is 0.326. The smallest absolute Gasteiger partial charge is 0.302 e. The predicted octanol–water partition coefficient (Wildman–Crippen LogP) is 7.72. The number of thiophene rings is 1. The lowest BCUT2D eigenvalue weighted by molar-refractivity contribution is 0.151. The maximum absolute atomic E-state index is 13.9. The molecule has 3 rings (SSSR count). The first-order valence-corrected chi connectivity index (χ1v) is 11.7. The molecule has 154 valence electrons. The first kappa shape index (κ1) is 21.8. The van der Waals surface area contributed by atoms with E-state index in [0.29, 0.717) is 15.8 Å². The van der Waals surface area contributed by atoms with Crippen LogP contribution < -0.4 is 0 Å². The number of benzene rings is 2. The maximum atomic E-state index is 13.9. The zero-order chi connectivity index (χ0) is 21.2. The Kier molecular flexibility index (Phi) is 6.69. The van der Waals surface area contributed by atoms with Crippen LogP contribution in [0.15, 0.2) is 48.5 Å².